The van der Waals surface area contributed by atoms with Crippen molar-refractivity contribution in [3.8, 4) is 0 Å². The van der Waals surface area contributed by atoms with Crippen molar-refractivity contribution in [2.75, 3.05) is 39.4 Å². The molecule has 0 bridgehead atoms. The number of carbonyl (C=O) groups is 2. The molecular formula is C23H32N4O6S. The predicted molar refractivity (Wildman–Crippen MR) is 125 cm³/mol. The summed E-state index contributed by atoms with van der Waals surface area (Å²) in [6, 6.07) is 4.97. The maximum atomic E-state index is 13.0. The molecule has 1 unspecified atom stereocenters. The second-order valence-electron chi connectivity index (χ2n) is 8.77. The minimum Gasteiger partial charge on any atom is -0.453 e. The normalized spacial score (nSPS) is 18.7. The molecule has 0 spiro atoms. The average Bonchev–Trinajstić information content (AvgIpc) is 3.18. The van der Waals surface area contributed by atoms with Crippen LogP contribution >= 0.6 is 0 Å². The van der Waals surface area contributed by atoms with E-state index in [4.69, 9.17) is 9.47 Å². The number of hydrogen-bond acceptors (Lipinski definition) is 7. The van der Waals surface area contributed by atoms with Gasteiger partial charge in [-0.05, 0) is 38.0 Å². The first kappa shape index (κ1) is 24.6. The molecule has 1 atom stereocenters. The Kier molecular flexibility index (Phi) is 7.54. The van der Waals surface area contributed by atoms with E-state index < -0.39 is 22.1 Å². The predicted octanol–water partition coefficient (Wildman–Crippen LogP) is 1.47. The van der Waals surface area contributed by atoms with Gasteiger partial charge in [-0.25, -0.2) is 13.4 Å². The fraction of sp³-hybridized carbons (Fsp3) is 0.609. The van der Waals surface area contributed by atoms with Crippen LogP contribution in [-0.2, 0) is 42.6 Å². The lowest BCUT2D eigenvalue weighted by atomic mass is 10.2. The van der Waals surface area contributed by atoms with Gasteiger partial charge in [0.05, 0.1) is 35.6 Å². The van der Waals surface area contributed by atoms with Crippen molar-refractivity contribution in [3.63, 3.8) is 0 Å². The zero-order valence-corrected chi connectivity index (χ0v) is 20.6. The van der Waals surface area contributed by atoms with Crippen molar-refractivity contribution in [2.24, 2.45) is 7.05 Å². The van der Waals surface area contributed by atoms with E-state index in [1.165, 1.54) is 4.31 Å². The molecule has 186 valence electrons. The van der Waals surface area contributed by atoms with Crippen LogP contribution in [0.25, 0.3) is 11.0 Å². The number of esters is 1. The number of imidazole rings is 1. The highest BCUT2D eigenvalue weighted by molar-refractivity contribution is 7.89. The van der Waals surface area contributed by atoms with E-state index in [-0.39, 0.29) is 17.2 Å². The summed E-state index contributed by atoms with van der Waals surface area (Å²) in [5.41, 5.74) is 1.36. The Bertz CT molecular complexity index is 1150. The summed E-state index contributed by atoms with van der Waals surface area (Å²) in [6.07, 6.45) is 2.34. The molecule has 10 nitrogen and oxygen atoms in total. The number of nitrogens with zero attached hydrogens (tertiary/aromatic N) is 4. The van der Waals surface area contributed by atoms with E-state index in [1.807, 2.05) is 11.6 Å². The largest absolute Gasteiger partial charge is 0.453 e. The van der Waals surface area contributed by atoms with Crippen LogP contribution in [0.5, 0.6) is 0 Å². The van der Waals surface area contributed by atoms with Crippen molar-refractivity contribution in [3.05, 3.63) is 24.0 Å². The van der Waals surface area contributed by atoms with Gasteiger partial charge in [-0.2, -0.15) is 4.31 Å². The summed E-state index contributed by atoms with van der Waals surface area (Å²) < 4.78 is 40.0. The summed E-state index contributed by atoms with van der Waals surface area (Å²) in [6.45, 7) is 4.63. The van der Waals surface area contributed by atoms with Crippen molar-refractivity contribution >= 4 is 32.9 Å². The van der Waals surface area contributed by atoms with Crippen molar-refractivity contribution in [1.82, 2.24) is 18.8 Å². The fourth-order valence-electron chi connectivity index (χ4n) is 4.43. The van der Waals surface area contributed by atoms with E-state index in [0.717, 1.165) is 24.8 Å². The molecule has 2 aromatic rings. The van der Waals surface area contributed by atoms with Gasteiger partial charge in [0.15, 0.2) is 6.10 Å². The molecule has 1 amide bonds. The Morgan fingerprint density at radius 2 is 1.82 bits per heavy atom. The van der Waals surface area contributed by atoms with Gasteiger partial charge in [0.1, 0.15) is 5.82 Å². The number of aromatic nitrogens is 2. The second kappa shape index (κ2) is 10.4. The summed E-state index contributed by atoms with van der Waals surface area (Å²) >= 11 is 0. The zero-order chi connectivity index (χ0) is 24.3. The van der Waals surface area contributed by atoms with Crippen LogP contribution in [0.2, 0.25) is 0 Å². The van der Waals surface area contributed by atoms with Crippen LogP contribution in [-0.4, -0.2) is 84.5 Å². The molecule has 3 heterocycles. The number of rotatable bonds is 7. The third kappa shape index (κ3) is 5.26. The van der Waals surface area contributed by atoms with Crippen LogP contribution in [0.3, 0.4) is 0 Å². The molecule has 1 aromatic heterocycles. The summed E-state index contributed by atoms with van der Waals surface area (Å²) in [4.78, 5) is 31.2. The number of piperidine rings is 1. The average molecular weight is 493 g/mol. The van der Waals surface area contributed by atoms with Gasteiger partial charge in [-0.15, -0.1) is 0 Å². The van der Waals surface area contributed by atoms with Crippen LogP contribution in [0.15, 0.2) is 23.1 Å². The van der Waals surface area contributed by atoms with Crippen molar-refractivity contribution in [2.45, 2.75) is 50.0 Å². The van der Waals surface area contributed by atoms with Gasteiger partial charge in [-0.3, -0.25) is 9.59 Å². The first-order valence-electron chi connectivity index (χ1n) is 11.8. The molecule has 4 rings (SSSR count). The minimum atomic E-state index is -3.55. The molecule has 2 fully saturated rings. The number of morpholine rings is 1. The maximum Gasteiger partial charge on any atom is 0.307 e. The SMILES string of the molecule is CC(OC(=O)CCc1nc2cc(S(=O)(=O)N3CCCCC3)ccc2n1C)C(=O)N1CCOCC1. The van der Waals surface area contributed by atoms with Crippen LogP contribution in [0.1, 0.15) is 38.4 Å². The van der Waals surface area contributed by atoms with Crippen molar-refractivity contribution < 1.29 is 27.5 Å². The topological polar surface area (TPSA) is 111 Å². The Labute approximate surface area is 199 Å². The van der Waals surface area contributed by atoms with E-state index in [1.54, 1.807) is 30.0 Å². The second-order valence-corrected chi connectivity index (χ2v) is 10.7. The Morgan fingerprint density at radius 3 is 2.53 bits per heavy atom. The first-order valence-corrected chi connectivity index (χ1v) is 13.2. The quantitative estimate of drug-likeness (QED) is 0.538. The zero-order valence-electron chi connectivity index (χ0n) is 19.7. The minimum absolute atomic E-state index is 0.0663. The number of sulfonamides is 1. The lowest BCUT2D eigenvalue weighted by Gasteiger charge is -2.28. The number of aryl methyl sites for hydroxylation is 2. The Balaban J connectivity index is 1.39. The summed E-state index contributed by atoms with van der Waals surface area (Å²) in [5.74, 6) is -0.0528. The molecule has 2 aliphatic heterocycles. The lowest BCUT2D eigenvalue weighted by molar-refractivity contribution is -0.160. The summed E-state index contributed by atoms with van der Waals surface area (Å²) in [7, 11) is -1.71. The van der Waals surface area contributed by atoms with E-state index in [0.29, 0.717) is 57.2 Å². The molecule has 0 N–H and O–H groups in total. The van der Waals surface area contributed by atoms with E-state index >= 15 is 0 Å². The highest BCUT2D eigenvalue weighted by atomic mass is 32.2. The number of benzene rings is 1. The van der Waals surface area contributed by atoms with Gasteiger partial charge < -0.3 is 18.9 Å². The molecule has 34 heavy (non-hydrogen) atoms. The number of ether oxygens (including phenoxy) is 2. The third-order valence-corrected chi connectivity index (χ3v) is 8.32. The molecule has 0 saturated carbocycles. The summed E-state index contributed by atoms with van der Waals surface area (Å²) in [5, 5.41) is 0. The number of hydrogen-bond donors (Lipinski definition) is 0. The molecular weight excluding hydrogens is 460 g/mol. The van der Waals surface area contributed by atoms with Crippen LogP contribution in [0.4, 0.5) is 0 Å². The van der Waals surface area contributed by atoms with Crippen molar-refractivity contribution in [1.29, 1.82) is 0 Å². The molecule has 0 aliphatic carbocycles. The standard InChI is InChI=1S/C23H32N4O6S/c1-17(23(29)26-12-14-32-15-13-26)33-22(28)9-8-21-24-19-16-18(6-7-20(19)25(21)2)34(30,31)27-10-4-3-5-11-27/h6-7,16-17H,3-5,8-15H2,1-2H3. The molecule has 2 aliphatic rings. The Morgan fingerprint density at radius 1 is 1.12 bits per heavy atom. The third-order valence-electron chi connectivity index (χ3n) is 6.43. The Hall–Kier alpha value is -2.50. The fourth-order valence-corrected chi connectivity index (χ4v) is 5.97. The van der Waals surface area contributed by atoms with Gasteiger partial charge in [0.25, 0.3) is 5.91 Å². The molecule has 2 saturated heterocycles. The van der Waals surface area contributed by atoms with Crippen LogP contribution in [0, 0.1) is 0 Å². The van der Waals surface area contributed by atoms with Gasteiger partial charge in [-0.1, -0.05) is 6.42 Å². The number of fused-ring (bicyclic) bond motifs is 1. The first-order chi connectivity index (χ1) is 16.3. The monoisotopic (exact) mass is 492 g/mol. The molecule has 1 aromatic carbocycles. The van der Waals surface area contributed by atoms with Crippen LogP contribution < -0.4 is 0 Å². The van der Waals surface area contributed by atoms with Gasteiger partial charge in [0.2, 0.25) is 10.0 Å². The number of amides is 1. The lowest BCUT2D eigenvalue weighted by Crippen LogP contribution is -2.46. The molecule has 0 radical (unpaired) electrons. The van der Waals surface area contributed by atoms with E-state index in [9.17, 15) is 18.0 Å². The number of carbonyl (C=O) groups excluding carboxylic acids is 2. The van der Waals surface area contributed by atoms with Gasteiger partial charge in [0, 0.05) is 39.6 Å². The van der Waals surface area contributed by atoms with E-state index in [2.05, 4.69) is 4.98 Å². The van der Waals surface area contributed by atoms with Gasteiger partial charge >= 0.3 is 5.97 Å². The highest BCUT2D eigenvalue weighted by Gasteiger charge is 2.27. The highest BCUT2D eigenvalue weighted by Crippen LogP contribution is 2.25. The molecule has 11 heteroatoms. The maximum absolute atomic E-state index is 13.0. The smallest absolute Gasteiger partial charge is 0.307 e.